The fraction of sp³-hybridized carbons (Fsp3) is 0.308. The molecule has 1 aromatic carbocycles. The first-order valence-electron chi connectivity index (χ1n) is 5.90. The van der Waals surface area contributed by atoms with Crippen LogP contribution in [0.5, 0.6) is 0 Å². The summed E-state index contributed by atoms with van der Waals surface area (Å²) in [4.78, 5) is 34.2. The SMILES string of the molecule is COC(=O)CCC(NC(=O)c1cc(Br)ccc1Cl)C(=O)O. The number of rotatable bonds is 6. The van der Waals surface area contributed by atoms with Gasteiger partial charge < -0.3 is 15.2 Å². The molecule has 1 rings (SSSR count). The Morgan fingerprint density at radius 2 is 2.10 bits per heavy atom. The Bertz CT molecular complexity index is 563. The standard InChI is InChI=1S/C13H13BrClNO5/c1-21-11(17)5-4-10(13(19)20)16-12(18)8-6-7(14)2-3-9(8)15/h2-3,6,10H,4-5H2,1H3,(H,16,18)(H,19,20). The van der Waals surface area contributed by atoms with Gasteiger partial charge in [0.15, 0.2) is 0 Å². The number of methoxy groups -OCH3 is 1. The number of aliphatic carboxylic acids is 1. The van der Waals surface area contributed by atoms with Crippen molar-refractivity contribution in [2.45, 2.75) is 18.9 Å². The van der Waals surface area contributed by atoms with Gasteiger partial charge in [-0.1, -0.05) is 27.5 Å². The quantitative estimate of drug-likeness (QED) is 0.741. The lowest BCUT2D eigenvalue weighted by molar-refractivity contribution is -0.142. The second kappa shape index (κ2) is 7.99. The second-order valence-corrected chi connectivity index (χ2v) is 5.43. The number of carboxylic acid groups (broad SMARTS) is 1. The highest BCUT2D eigenvalue weighted by molar-refractivity contribution is 9.10. The molecule has 0 fully saturated rings. The third-order valence-corrected chi connectivity index (χ3v) is 3.46. The van der Waals surface area contributed by atoms with Crippen LogP contribution >= 0.6 is 27.5 Å². The van der Waals surface area contributed by atoms with Crippen molar-refractivity contribution in [3.05, 3.63) is 33.3 Å². The van der Waals surface area contributed by atoms with Crippen LogP contribution in [-0.4, -0.2) is 36.1 Å². The Hall–Kier alpha value is -1.60. The minimum Gasteiger partial charge on any atom is -0.480 e. The molecular weight excluding hydrogens is 366 g/mol. The van der Waals surface area contributed by atoms with Crippen LogP contribution in [0.25, 0.3) is 0 Å². The molecule has 0 aliphatic carbocycles. The maximum absolute atomic E-state index is 12.1. The first-order valence-corrected chi connectivity index (χ1v) is 7.07. The molecule has 6 nitrogen and oxygen atoms in total. The Morgan fingerprint density at radius 3 is 2.67 bits per heavy atom. The van der Waals surface area contributed by atoms with E-state index in [0.717, 1.165) is 0 Å². The summed E-state index contributed by atoms with van der Waals surface area (Å²) in [6.45, 7) is 0. The van der Waals surface area contributed by atoms with Gasteiger partial charge in [-0.2, -0.15) is 0 Å². The van der Waals surface area contributed by atoms with Gasteiger partial charge in [-0.3, -0.25) is 9.59 Å². The van der Waals surface area contributed by atoms with E-state index < -0.39 is 23.9 Å². The summed E-state index contributed by atoms with van der Waals surface area (Å²) in [7, 11) is 1.21. The van der Waals surface area contributed by atoms with Gasteiger partial charge >= 0.3 is 11.9 Å². The molecule has 21 heavy (non-hydrogen) atoms. The summed E-state index contributed by atoms with van der Waals surface area (Å²) in [6.07, 6.45) is -0.181. The molecular formula is C13H13BrClNO5. The summed E-state index contributed by atoms with van der Waals surface area (Å²) in [5.74, 6) is -2.41. The fourth-order valence-electron chi connectivity index (χ4n) is 1.53. The van der Waals surface area contributed by atoms with Gasteiger partial charge in [0.2, 0.25) is 0 Å². The first kappa shape index (κ1) is 17.5. The number of carboxylic acids is 1. The largest absolute Gasteiger partial charge is 0.480 e. The number of hydrogen-bond acceptors (Lipinski definition) is 4. The monoisotopic (exact) mass is 377 g/mol. The molecule has 0 saturated heterocycles. The minimum absolute atomic E-state index is 0.0701. The number of carbonyl (C=O) groups is 3. The summed E-state index contributed by atoms with van der Waals surface area (Å²) >= 11 is 9.10. The van der Waals surface area contributed by atoms with Gasteiger partial charge in [0, 0.05) is 10.9 Å². The highest BCUT2D eigenvalue weighted by Gasteiger charge is 2.23. The van der Waals surface area contributed by atoms with Crippen molar-refractivity contribution in [1.29, 1.82) is 0 Å². The molecule has 0 aliphatic heterocycles. The molecule has 1 atom stereocenters. The first-order chi connectivity index (χ1) is 9.85. The van der Waals surface area contributed by atoms with Crippen molar-refractivity contribution in [1.82, 2.24) is 5.32 Å². The molecule has 114 valence electrons. The van der Waals surface area contributed by atoms with E-state index in [9.17, 15) is 14.4 Å². The van der Waals surface area contributed by atoms with Crippen molar-refractivity contribution < 1.29 is 24.2 Å². The molecule has 0 heterocycles. The number of benzene rings is 1. The number of esters is 1. The number of carbonyl (C=O) groups excluding carboxylic acids is 2. The zero-order chi connectivity index (χ0) is 16.0. The summed E-state index contributed by atoms with van der Waals surface area (Å²) < 4.78 is 5.07. The third-order valence-electron chi connectivity index (χ3n) is 2.64. The molecule has 0 aromatic heterocycles. The minimum atomic E-state index is -1.24. The van der Waals surface area contributed by atoms with Crippen LogP contribution in [0.4, 0.5) is 0 Å². The molecule has 0 bridgehead atoms. The highest BCUT2D eigenvalue weighted by atomic mass is 79.9. The van der Waals surface area contributed by atoms with E-state index in [1.165, 1.54) is 19.2 Å². The van der Waals surface area contributed by atoms with Crippen molar-refractivity contribution >= 4 is 45.4 Å². The molecule has 8 heteroatoms. The van der Waals surface area contributed by atoms with Crippen LogP contribution in [0.2, 0.25) is 5.02 Å². The normalized spacial score (nSPS) is 11.6. The van der Waals surface area contributed by atoms with Crippen molar-refractivity contribution in [2.75, 3.05) is 7.11 Å². The summed E-state index contributed by atoms with van der Waals surface area (Å²) in [5.41, 5.74) is 0.148. The van der Waals surface area contributed by atoms with Crippen LogP contribution in [0, 0.1) is 0 Å². The van der Waals surface area contributed by atoms with E-state index in [1.807, 2.05) is 0 Å². The lowest BCUT2D eigenvalue weighted by Gasteiger charge is -2.14. The van der Waals surface area contributed by atoms with Gasteiger partial charge in [-0.25, -0.2) is 4.79 Å². The van der Waals surface area contributed by atoms with E-state index in [0.29, 0.717) is 4.47 Å². The number of halogens is 2. The topological polar surface area (TPSA) is 92.7 Å². The van der Waals surface area contributed by atoms with Gasteiger partial charge in [0.25, 0.3) is 5.91 Å². The number of ether oxygens (including phenoxy) is 1. The Labute approximate surface area is 134 Å². The van der Waals surface area contributed by atoms with Crippen LogP contribution in [0.15, 0.2) is 22.7 Å². The van der Waals surface area contributed by atoms with E-state index in [2.05, 4.69) is 26.0 Å². The molecule has 1 amide bonds. The Balaban J connectivity index is 2.79. The van der Waals surface area contributed by atoms with Crippen molar-refractivity contribution in [3.8, 4) is 0 Å². The average molecular weight is 379 g/mol. The smallest absolute Gasteiger partial charge is 0.326 e. The Kier molecular flexibility index (Phi) is 6.64. The molecule has 1 aromatic rings. The lowest BCUT2D eigenvalue weighted by Crippen LogP contribution is -2.41. The fourth-order valence-corrected chi connectivity index (χ4v) is 2.09. The summed E-state index contributed by atoms with van der Waals surface area (Å²) in [6, 6.07) is 3.46. The molecule has 1 unspecified atom stereocenters. The van der Waals surface area contributed by atoms with Gasteiger partial charge in [-0.15, -0.1) is 0 Å². The van der Waals surface area contributed by atoms with Gasteiger partial charge in [-0.05, 0) is 24.6 Å². The van der Waals surface area contributed by atoms with E-state index in [4.69, 9.17) is 16.7 Å². The number of amides is 1. The summed E-state index contributed by atoms with van der Waals surface area (Å²) in [5, 5.41) is 11.6. The molecule has 0 aliphatic rings. The van der Waals surface area contributed by atoms with Crippen LogP contribution < -0.4 is 5.32 Å². The maximum atomic E-state index is 12.1. The van der Waals surface area contributed by atoms with Gasteiger partial charge in [0.1, 0.15) is 6.04 Å². The van der Waals surface area contributed by atoms with Gasteiger partial charge in [0.05, 0.1) is 17.7 Å². The highest BCUT2D eigenvalue weighted by Crippen LogP contribution is 2.21. The number of hydrogen-bond donors (Lipinski definition) is 2. The lowest BCUT2D eigenvalue weighted by atomic mass is 10.1. The number of nitrogens with one attached hydrogen (secondary N) is 1. The predicted molar refractivity (Wildman–Crippen MR) is 79.3 cm³/mol. The third kappa shape index (κ3) is 5.35. The van der Waals surface area contributed by atoms with Crippen LogP contribution in [0.3, 0.4) is 0 Å². The van der Waals surface area contributed by atoms with Crippen LogP contribution in [0.1, 0.15) is 23.2 Å². The van der Waals surface area contributed by atoms with E-state index in [1.54, 1.807) is 6.07 Å². The van der Waals surface area contributed by atoms with Crippen molar-refractivity contribution in [2.24, 2.45) is 0 Å². The van der Waals surface area contributed by atoms with E-state index in [-0.39, 0.29) is 23.4 Å². The average Bonchev–Trinajstić information content (AvgIpc) is 2.44. The molecule has 0 saturated carbocycles. The van der Waals surface area contributed by atoms with E-state index >= 15 is 0 Å². The zero-order valence-electron chi connectivity index (χ0n) is 11.1. The van der Waals surface area contributed by atoms with Crippen LogP contribution in [-0.2, 0) is 14.3 Å². The molecule has 2 N–H and O–H groups in total. The maximum Gasteiger partial charge on any atom is 0.326 e. The molecule has 0 radical (unpaired) electrons. The van der Waals surface area contributed by atoms with Crippen molar-refractivity contribution in [3.63, 3.8) is 0 Å². The Morgan fingerprint density at radius 1 is 1.43 bits per heavy atom. The second-order valence-electron chi connectivity index (χ2n) is 4.10. The zero-order valence-corrected chi connectivity index (χ0v) is 13.4. The predicted octanol–water partition coefficient (Wildman–Crippen LogP) is 2.24. The molecule has 0 spiro atoms.